The monoisotopic (exact) mass is 490 g/mol. The molecular weight excluding hydrogens is 448 g/mol. The molecule has 2 aromatic carbocycles. The average Bonchev–Trinajstić information content (AvgIpc) is 2.91. The number of hydrogen-bond acceptors (Lipinski definition) is 5. The lowest BCUT2D eigenvalue weighted by Crippen LogP contribution is -2.43. The summed E-state index contributed by atoms with van der Waals surface area (Å²) in [6.45, 7) is 8.91. The van der Waals surface area contributed by atoms with Gasteiger partial charge in [-0.2, -0.15) is 0 Å². The molecule has 0 saturated carbocycles. The van der Waals surface area contributed by atoms with Gasteiger partial charge in [0.2, 0.25) is 0 Å². The summed E-state index contributed by atoms with van der Waals surface area (Å²) >= 11 is 0. The van der Waals surface area contributed by atoms with Gasteiger partial charge < -0.3 is 19.5 Å². The first kappa shape index (κ1) is 26.3. The Bertz CT molecular complexity index is 1050. The quantitative estimate of drug-likeness (QED) is 0.455. The van der Waals surface area contributed by atoms with Crippen LogP contribution in [0.5, 0.6) is 11.5 Å². The highest BCUT2D eigenvalue weighted by atomic mass is 16.5. The first-order valence-corrected chi connectivity index (χ1v) is 13.4. The molecule has 0 aliphatic heterocycles. The number of ether oxygens (including phenoxy) is 2. The third-order valence-corrected chi connectivity index (χ3v) is 7.87. The van der Waals surface area contributed by atoms with Crippen molar-refractivity contribution in [2.24, 2.45) is 11.8 Å². The van der Waals surface area contributed by atoms with Crippen molar-refractivity contribution >= 4 is 0 Å². The predicted molar refractivity (Wildman–Crippen MR) is 146 cm³/mol. The van der Waals surface area contributed by atoms with Gasteiger partial charge in [0.05, 0.1) is 7.11 Å². The molecule has 5 nitrogen and oxygen atoms in total. The molecule has 3 atom stereocenters. The number of likely N-dealkylation sites (N-methyl/N-ethyl adjacent to an activating group) is 2. The van der Waals surface area contributed by atoms with Crippen molar-refractivity contribution in [3.63, 3.8) is 0 Å². The van der Waals surface area contributed by atoms with Crippen molar-refractivity contribution < 1.29 is 14.6 Å². The number of nitrogens with zero attached hydrogens (tertiary/aromatic N) is 2. The number of allylic oxidation sites excluding steroid dienone is 1. The number of aryl methyl sites for hydroxylation is 1. The third kappa shape index (κ3) is 6.51. The second kappa shape index (κ2) is 12.5. The normalized spacial score (nSPS) is 21.4. The molecule has 2 aliphatic rings. The van der Waals surface area contributed by atoms with Crippen LogP contribution in [0.15, 0.2) is 66.5 Å². The lowest BCUT2D eigenvalue weighted by Gasteiger charge is -2.41. The van der Waals surface area contributed by atoms with Gasteiger partial charge in [-0.05, 0) is 104 Å². The van der Waals surface area contributed by atoms with Gasteiger partial charge in [0.1, 0.15) is 23.9 Å². The highest BCUT2D eigenvalue weighted by molar-refractivity contribution is 5.37. The zero-order chi connectivity index (χ0) is 25.5. The fourth-order valence-electron chi connectivity index (χ4n) is 5.50. The Balaban J connectivity index is 1.45. The van der Waals surface area contributed by atoms with Gasteiger partial charge in [-0.15, -0.1) is 0 Å². The Labute approximate surface area is 217 Å². The maximum Gasteiger partial charge on any atom is 0.119 e. The number of hydrogen-bond donors (Lipinski definition) is 1. The van der Waals surface area contributed by atoms with Crippen LogP contribution in [0.4, 0.5) is 0 Å². The van der Waals surface area contributed by atoms with E-state index in [1.165, 1.54) is 16.7 Å². The first-order valence-electron chi connectivity index (χ1n) is 13.4. The van der Waals surface area contributed by atoms with E-state index in [0.29, 0.717) is 24.2 Å². The fraction of sp³-hybridized carbons (Fsp3) is 0.484. The van der Waals surface area contributed by atoms with Gasteiger partial charge in [-0.3, -0.25) is 4.90 Å². The summed E-state index contributed by atoms with van der Waals surface area (Å²) in [6.07, 6.45) is 10.0. The molecule has 4 rings (SSSR count). The molecule has 0 aromatic heterocycles. The van der Waals surface area contributed by atoms with Gasteiger partial charge in [0.25, 0.3) is 0 Å². The molecule has 0 bridgehead atoms. The summed E-state index contributed by atoms with van der Waals surface area (Å²) in [5.41, 5.74) is 3.97. The maximum absolute atomic E-state index is 9.89. The van der Waals surface area contributed by atoms with Crippen molar-refractivity contribution in [2.45, 2.75) is 45.7 Å². The largest absolute Gasteiger partial charge is 0.508 e. The average molecular weight is 491 g/mol. The number of aromatic hydroxyl groups is 1. The summed E-state index contributed by atoms with van der Waals surface area (Å²) < 4.78 is 11.6. The van der Waals surface area contributed by atoms with Crippen LogP contribution in [0.3, 0.4) is 0 Å². The minimum Gasteiger partial charge on any atom is -0.508 e. The van der Waals surface area contributed by atoms with Crippen LogP contribution in [-0.4, -0.2) is 61.3 Å². The van der Waals surface area contributed by atoms with E-state index in [1.54, 1.807) is 7.11 Å². The second-order valence-corrected chi connectivity index (χ2v) is 10.1. The lowest BCUT2D eigenvalue weighted by molar-refractivity contribution is 0.147. The van der Waals surface area contributed by atoms with Gasteiger partial charge in [0, 0.05) is 19.1 Å². The molecular formula is C31H42N2O3. The van der Waals surface area contributed by atoms with Gasteiger partial charge in [0.15, 0.2) is 0 Å². The van der Waals surface area contributed by atoms with E-state index in [2.05, 4.69) is 79.3 Å². The molecule has 0 heterocycles. The Kier molecular flexibility index (Phi) is 9.11. The molecule has 5 heteroatoms. The summed E-state index contributed by atoms with van der Waals surface area (Å²) in [6, 6.07) is 14.7. The molecule has 2 unspecified atom stereocenters. The number of fused-ring (bicyclic) bond motifs is 1. The zero-order valence-corrected chi connectivity index (χ0v) is 22.3. The standard InChI is InChI=1S/C31H42N2O3/c1-5-32(3)17-18-36-28-13-7-23(8-14-28)22-33(6-2)31-21-29(35-4)15-16-30(31)26-10-9-25-20-27(34)12-11-24(25)19-26/h7-8,11-16,20-21,26,30-31,34H,5-6,9-10,17-19,22H2,1-4H3/t26-,30?,31?/m1/s1. The van der Waals surface area contributed by atoms with Crippen molar-refractivity contribution in [1.29, 1.82) is 0 Å². The molecule has 194 valence electrons. The van der Waals surface area contributed by atoms with Crippen LogP contribution < -0.4 is 4.74 Å². The topological polar surface area (TPSA) is 45.2 Å². The zero-order valence-electron chi connectivity index (χ0n) is 22.3. The molecule has 0 saturated heterocycles. The Morgan fingerprint density at radius 1 is 1.03 bits per heavy atom. The first-order chi connectivity index (χ1) is 17.5. The molecule has 0 fully saturated rings. The summed E-state index contributed by atoms with van der Waals surface area (Å²) in [5, 5.41) is 9.89. The fourth-order valence-corrected chi connectivity index (χ4v) is 5.50. The molecule has 0 amide bonds. The number of methoxy groups -OCH3 is 1. The minimum atomic E-state index is 0.277. The van der Waals surface area contributed by atoms with E-state index in [-0.39, 0.29) is 6.04 Å². The Morgan fingerprint density at radius 3 is 2.56 bits per heavy atom. The number of phenols is 1. The smallest absolute Gasteiger partial charge is 0.119 e. The van der Waals surface area contributed by atoms with E-state index >= 15 is 0 Å². The highest BCUT2D eigenvalue weighted by Crippen LogP contribution is 2.38. The number of rotatable bonds is 11. The third-order valence-electron chi connectivity index (χ3n) is 7.87. The molecule has 36 heavy (non-hydrogen) atoms. The second-order valence-electron chi connectivity index (χ2n) is 10.1. The van der Waals surface area contributed by atoms with Crippen LogP contribution in [0.2, 0.25) is 0 Å². The van der Waals surface area contributed by atoms with E-state index in [9.17, 15) is 5.11 Å². The van der Waals surface area contributed by atoms with E-state index in [0.717, 1.165) is 57.0 Å². The summed E-state index contributed by atoms with van der Waals surface area (Å²) in [5.74, 6) is 3.22. The van der Waals surface area contributed by atoms with Gasteiger partial charge in [-0.1, -0.05) is 38.1 Å². The van der Waals surface area contributed by atoms with Gasteiger partial charge >= 0.3 is 0 Å². The van der Waals surface area contributed by atoms with Crippen molar-refractivity contribution in [1.82, 2.24) is 9.80 Å². The SMILES string of the molecule is CCN(C)CCOc1ccc(CN(CC)C2C=C(OC)C=CC2[C@@H]2CCc3cc(O)ccc3C2)cc1. The Morgan fingerprint density at radius 2 is 1.83 bits per heavy atom. The summed E-state index contributed by atoms with van der Waals surface area (Å²) in [4.78, 5) is 4.81. The van der Waals surface area contributed by atoms with Gasteiger partial charge in [-0.25, -0.2) is 0 Å². The Hall–Kier alpha value is -2.76. The molecule has 0 spiro atoms. The van der Waals surface area contributed by atoms with Crippen LogP contribution in [0.25, 0.3) is 0 Å². The predicted octanol–water partition coefficient (Wildman–Crippen LogP) is 5.43. The van der Waals surface area contributed by atoms with Crippen LogP contribution >= 0.6 is 0 Å². The van der Waals surface area contributed by atoms with Crippen molar-refractivity contribution in [3.8, 4) is 11.5 Å². The maximum atomic E-state index is 9.89. The highest BCUT2D eigenvalue weighted by Gasteiger charge is 2.34. The number of phenolic OH excluding ortho intramolecular Hbond substituents is 1. The van der Waals surface area contributed by atoms with Crippen LogP contribution in [0.1, 0.15) is 37.0 Å². The van der Waals surface area contributed by atoms with E-state index in [1.807, 2.05) is 12.1 Å². The molecule has 1 N–H and O–H groups in total. The van der Waals surface area contributed by atoms with Crippen LogP contribution in [-0.2, 0) is 24.1 Å². The van der Waals surface area contributed by atoms with E-state index in [4.69, 9.17) is 9.47 Å². The molecule has 2 aliphatic carbocycles. The lowest BCUT2D eigenvalue weighted by atomic mass is 9.72. The van der Waals surface area contributed by atoms with Crippen molar-refractivity contribution in [3.05, 3.63) is 83.1 Å². The molecule has 2 aromatic rings. The summed E-state index contributed by atoms with van der Waals surface area (Å²) in [7, 11) is 3.87. The van der Waals surface area contributed by atoms with Crippen molar-refractivity contribution in [2.75, 3.05) is 40.4 Å². The van der Waals surface area contributed by atoms with Crippen LogP contribution in [0, 0.1) is 11.8 Å². The molecule has 0 radical (unpaired) electrons. The minimum absolute atomic E-state index is 0.277. The number of benzene rings is 2. The van der Waals surface area contributed by atoms with E-state index < -0.39 is 0 Å².